The molecule has 6 nitrogen and oxygen atoms in total. The highest BCUT2D eigenvalue weighted by molar-refractivity contribution is 5.67. The summed E-state index contributed by atoms with van der Waals surface area (Å²) in [7, 11) is 1.68. The molecule has 0 radical (unpaired) electrons. The SMILES string of the molecule is Cn1ncc(CNC(=O)OC(C)(C)C)c1C#N. The summed E-state index contributed by atoms with van der Waals surface area (Å²) < 4.78 is 6.54. The van der Waals surface area contributed by atoms with Crippen LogP contribution < -0.4 is 5.32 Å². The lowest BCUT2D eigenvalue weighted by Gasteiger charge is -2.19. The van der Waals surface area contributed by atoms with Crippen molar-refractivity contribution in [2.75, 3.05) is 0 Å². The van der Waals surface area contributed by atoms with Crippen LogP contribution in [0.1, 0.15) is 32.0 Å². The van der Waals surface area contributed by atoms with Gasteiger partial charge in [-0.1, -0.05) is 0 Å². The second-order valence-electron chi connectivity index (χ2n) is 4.61. The van der Waals surface area contributed by atoms with Crippen molar-refractivity contribution < 1.29 is 9.53 Å². The summed E-state index contributed by atoms with van der Waals surface area (Å²) in [6.07, 6.45) is 1.04. The zero-order valence-electron chi connectivity index (χ0n) is 10.4. The van der Waals surface area contributed by atoms with Crippen LogP contribution in [0.4, 0.5) is 4.79 Å². The molecule has 0 aliphatic carbocycles. The maximum Gasteiger partial charge on any atom is 0.407 e. The summed E-state index contributed by atoms with van der Waals surface area (Å²) >= 11 is 0. The Morgan fingerprint density at radius 1 is 1.65 bits per heavy atom. The fourth-order valence-electron chi connectivity index (χ4n) is 1.24. The van der Waals surface area contributed by atoms with E-state index in [2.05, 4.69) is 10.4 Å². The number of hydrogen-bond acceptors (Lipinski definition) is 4. The third-order valence-corrected chi connectivity index (χ3v) is 1.94. The number of nitrogens with zero attached hydrogens (tertiary/aromatic N) is 3. The first-order valence-corrected chi connectivity index (χ1v) is 5.21. The second-order valence-corrected chi connectivity index (χ2v) is 4.61. The van der Waals surface area contributed by atoms with E-state index in [0.29, 0.717) is 11.3 Å². The van der Waals surface area contributed by atoms with Gasteiger partial charge in [-0.15, -0.1) is 0 Å². The van der Waals surface area contributed by atoms with Gasteiger partial charge in [-0.3, -0.25) is 4.68 Å². The van der Waals surface area contributed by atoms with Crippen LogP contribution in [0, 0.1) is 11.3 Å². The number of nitrogens with one attached hydrogen (secondary N) is 1. The molecule has 1 aromatic heterocycles. The van der Waals surface area contributed by atoms with Crippen molar-refractivity contribution >= 4 is 6.09 Å². The first-order chi connectivity index (χ1) is 7.83. The van der Waals surface area contributed by atoms with E-state index in [1.165, 1.54) is 4.68 Å². The molecule has 0 unspecified atom stereocenters. The Morgan fingerprint density at radius 3 is 2.82 bits per heavy atom. The molecule has 0 fully saturated rings. The molecule has 0 bridgehead atoms. The lowest BCUT2D eigenvalue weighted by molar-refractivity contribution is 0.0523. The number of carbonyl (C=O) groups is 1. The van der Waals surface area contributed by atoms with E-state index in [9.17, 15) is 4.79 Å². The van der Waals surface area contributed by atoms with E-state index < -0.39 is 11.7 Å². The maximum atomic E-state index is 11.4. The molecule has 0 saturated carbocycles. The highest BCUT2D eigenvalue weighted by Crippen LogP contribution is 2.08. The molecule has 1 aromatic rings. The third-order valence-electron chi connectivity index (χ3n) is 1.94. The van der Waals surface area contributed by atoms with E-state index in [1.807, 2.05) is 6.07 Å². The van der Waals surface area contributed by atoms with Gasteiger partial charge in [-0.2, -0.15) is 10.4 Å². The Hall–Kier alpha value is -2.03. The van der Waals surface area contributed by atoms with Gasteiger partial charge in [0.05, 0.1) is 12.7 Å². The number of ether oxygens (including phenoxy) is 1. The van der Waals surface area contributed by atoms with Gasteiger partial charge >= 0.3 is 6.09 Å². The van der Waals surface area contributed by atoms with Crippen molar-refractivity contribution in [3.8, 4) is 6.07 Å². The van der Waals surface area contributed by atoms with Crippen LogP contribution in [0.5, 0.6) is 0 Å². The number of aryl methyl sites for hydroxylation is 1. The minimum atomic E-state index is -0.531. The predicted octanol–water partition coefficient (Wildman–Crippen LogP) is 1.32. The Kier molecular flexibility index (Phi) is 3.73. The number of aromatic nitrogens is 2. The summed E-state index contributed by atoms with van der Waals surface area (Å²) in [6, 6.07) is 2.02. The molecule has 0 atom stereocenters. The number of carbonyl (C=O) groups excluding carboxylic acids is 1. The first kappa shape index (κ1) is 13.0. The average molecular weight is 236 g/mol. The van der Waals surface area contributed by atoms with Crippen LogP contribution in [-0.4, -0.2) is 21.5 Å². The topological polar surface area (TPSA) is 79.9 Å². The highest BCUT2D eigenvalue weighted by Gasteiger charge is 2.16. The molecule has 0 aliphatic heterocycles. The molecule has 1 amide bonds. The molecule has 6 heteroatoms. The van der Waals surface area contributed by atoms with Crippen molar-refractivity contribution in [2.24, 2.45) is 7.05 Å². The van der Waals surface area contributed by atoms with Crippen molar-refractivity contribution in [1.82, 2.24) is 15.1 Å². The quantitative estimate of drug-likeness (QED) is 0.839. The number of amides is 1. The van der Waals surface area contributed by atoms with E-state index >= 15 is 0 Å². The molecule has 1 heterocycles. The largest absolute Gasteiger partial charge is 0.444 e. The smallest absolute Gasteiger partial charge is 0.407 e. The van der Waals surface area contributed by atoms with Gasteiger partial charge in [0.1, 0.15) is 17.4 Å². The predicted molar refractivity (Wildman–Crippen MR) is 61.0 cm³/mol. The van der Waals surface area contributed by atoms with Crippen LogP contribution >= 0.6 is 0 Å². The van der Waals surface area contributed by atoms with Crippen LogP contribution in [0.25, 0.3) is 0 Å². The molecule has 1 N–H and O–H groups in total. The van der Waals surface area contributed by atoms with Gasteiger partial charge < -0.3 is 10.1 Å². The van der Waals surface area contributed by atoms with Gasteiger partial charge in [0, 0.05) is 12.6 Å². The zero-order valence-corrected chi connectivity index (χ0v) is 10.4. The minimum Gasteiger partial charge on any atom is -0.444 e. The third kappa shape index (κ3) is 3.79. The highest BCUT2D eigenvalue weighted by atomic mass is 16.6. The summed E-state index contributed by atoms with van der Waals surface area (Å²) in [5.41, 5.74) is 0.568. The fourth-order valence-corrected chi connectivity index (χ4v) is 1.24. The Balaban J connectivity index is 2.57. The van der Waals surface area contributed by atoms with Gasteiger partial charge in [-0.25, -0.2) is 4.79 Å². The van der Waals surface area contributed by atoms with Crippen LogP contribution in [0.3, 0.4) is 0 Å². The summed E-state index contributed by atoms with van der Waals surface area (Å²) in [5, 5.41) is 15.4. The summed E-state index contributed by atoms with van der Waals surface area (Å²) in [4.78, 5) is 11.4. The molecule has 0 saturated heterocycles. The van der Waals surface area contributed by atoms with Gasteiger partial charge in [0.25, 0.3) is 0 Å². The number of rotatable bonds is 2. The van der Waals surface area contributed by atoms with Crippen molar-refractivity contribution in [3.63, 3.8) is 0 Å². The molecule has 0 aliphatic rings. The normalized spacial score (nSPS) is 10.8. The van der Waals surface area contributed by atoms with Gasteiger partial charge in [-0.05, 0) is 20.8 Å². The maximum absolute atomic E-state index is 11.4. The van der Waals surface area contributed by atoms with E-state index in [4.69, 9.17) is 10.00 Å². The second kappa shape index (κ2) is 4.87. The molecule has 17 heavy (non-hydrogen) atoms. The van der Waals surface area contributed by atoms with E-state index in [0.717, 1.165) is 0 Å². The van der Waals surface area contributed by atoms with Crippen molar-refractivity contribution in [2.45, 2.75) is 32.9 Å². The Morgan fingerprint density at radius 2 is 2.29 bits per heavy atom. The lowest BCUT2D eigenvalue weighted by atomic mass is 10.2. The van der Waals surface area contributed by atoms with E-state index in [1.54, 1.807) is 34.0 Å². The average Bonchev–Trinajstić information content (AvgIpc) is 2.53. The van der Waals surface area contributed by atoms with Crippen LogP contribution in [0.15, 0.2) is 6.20 Å². The van der Waals surface area contributed by atoms with Crippen LogP contribution in [-0.2, 0) is 18.3 Å². The van der Waals surface area contributed by atoms with Gasteiger partial charge in [0.2, 0.25) is 0 Å². The van der Waals surface area contributed by atoms with Gasteiger partial charge in [0.15, 0.2) is 0 Å². The molecule has 0 aromatic carbocycles. The summed E-state index contributed by atoms with van der Waals surface area (Å²) in [5.74, 6) is 0. The molecular weight excluding hydrogens is 220 g/mol. The first-order valence-electron chi connectivity index (χ1n) is 5.21. The summed E-state index contributed by atoms with van der Waals surface area (Å²) in [6.45, 7) is 5.59. The molecule has 92 valence electrons. The van der Waals surface area contributed by atoms with Crippen molar-refractivity contribution in [1.29, 1.82) is 5.26 Å². The number of nitriles is 1. The monoisotopic (exact) mass is 236 g/mol. The number of alkyl carbamates (subject to hydrolysis) is 1. The number of hydrogen-bond donors (Lipinski definition) is 1. The lowest BCUT2D eigenvalue weighted by Crippen LogP contribution is -2.32. The Labute approximate surface area is 100 Å². The Bertz CT molecular complexity index is 451. The van der Waals surface area contributed by atoms with E-state index in [-0.39, 0.29) is 6.54 Å². The van der Waals surface area contributed by atoms with Crippen molar-refractivity contribution in [3.05, 3.63) is 17.5 Å². The molecule has 0 spiro atoms. The molecular formula is C11H16N4O2. The minimum absolute atomic E-state index is 0.228. The molecule has 1 rings (SSSR count). The fraction of sp³-hybridized carbons (Fsp3) is 0.545. The van der Waals surface area contributed by atoms with Crippen LogP contribution in [0.2, 0.25) is 0 Å². The standard InChI is InChI=1S/C11H16N4O2/c1-11(2,3)17-10(16)13-6-8-7-14-15(4)9(8)5-12/h7H,6H2,1-4H3,(H,13,16). The zero-order chi connectivity index (χ0) is 13.1.